The van der Waals surface area contributed by atoms with Gasteiger partial charge in [0.05, 0.1) is 20.5 Å². The number of rotatable bonds is 4. The van der Waals surface area contributed by atoms with Crippen molar-refractivity contribution in [2.75, 3.05) is 14.2 Å². The van der Waals surface area contributed by atoms with Gasteiger partial charge in [0.25, 0.3) is 0 Å². The Morgan fingerprint density at radius 2 is 1.67 bits per heavy atom. The molecule has 0 spiro atoms. The summed E-state index contributed by atoms with van der Waals surface area (Å²) in [5, 5.41) is 0. The largest absolute Gasteiger partial charge is 0.504 e. The highest BCUT2D eigenvalue weighted by Gasteiger charge is 1.95. The predicted molar refractivity (Wildman–Crippen MR) is 90.3 cm³/mol. The molecule has 0 saturated heterocycles. The molecule has 2 nitrogen and oxygen atoms in total. The first-order valence-electron chi connectivity index (χ1n) is 6.72. The van der Waals surface area contributed by atoms with E-state index in [0.717, 1.165) is 22.4 Å². The highest BCUT2D eigenvalue weighted by molar-refractivity contribution is 5.51. The fourth-order valence-corrected chi connectivity index (χ4v) is 1.74. The third-order valence-corrected chi connectivity index (χ3v) is 2.85. The lowest BCUT2D eigenvalue weighted by molar-refractivity contribution is 0.341. The topological polar surface area (TPSA) is 18.5 Å². The van der Waals surface area contributed by atoms with Crippen molar-refractivity contribution in [1.29, 1.82) is 0 Å². The summed E-state index contributed by atoms with van der Waals surface area (Å²) in [6.07, 6.45) is 5.40. The van der Waals surface area contributed by atoms with Crippen molar-refractivity contribution < 1.29 is 9.47 Å². The first-order chi connectivity index (χ1) is 10.2. The summed E-state index contributed by atoms with van der Waals surface area (Å²) >= 11 is 0. The summed E-state index contributed by atoms with van der Waals surface area (Å²) in [6, 6.07) is 16.0. The zero-order valence-electron chi connectivity index (χ0n) is 12.9. The van der Waals surface area contributed by atoms with Crippen molar-refractivity contribution in [3.05, 3.63) is 78.1 Å². The molecule has 2 rings (SSSR count). The van der Waals surface area contributed by atoms with Crippen LogP contribution >= 0.6 is 0 Å². The molecule has 2 aromatic rings. The van der Waals surface area contributed by atoms with E-state index in [0.29, 0.717) is 0 Å². The van der Waals surface area contributed by atoms with Crippen molar-refractivity contribution in [2.24, 2.45) is 0 Å². The normalized spacial score (nSPS) is 9.67. The summed E-state index contributed by atoms with van der Waals surface area (Å²) in [4.78, 5) is 0. The molecule has 0 N–H and O–H groups in total. The lowest BCUT2D eigenvalue weighted by Crippen LogP contribution is -1.86. The van der Waals surface area contributed by atoms with Crippen LogP contribution in [-0.4, -0.2) is 14.2 Å². The van der Waals surface area contributed by atoms with Crippen LogP contribution in [0.1, 0.15) is 16.7 Å². The van der Waals surface area contributed by atoms with Crippen molar-refractivity contribution >= 4 is 12.2 Å². The third-order valence-electron chi connectivity index (χ3n) is 2.85. The number of ether oxygens (including phenoxy) is 2. The monoisotopic (exact) mass is 282 g/mol. The number of hydrogen-bond acceptors (Lipinski definition) is 2. The lowest BCUT2D eigenvalue weighted by atomic mass is 10.1. The van der Waals surface area contributed by atoms with Gasteiger partial charge in [0.1, 0.15) is 5.75 Å². The molecule has 2 aromatic carbocycles. The molecule has 0 aliphatic rings. The van der Waals surface area contributed by atoms with Crippen LogP contribution < -0.4 is 4.74 Å². The maximum Gasteiger partial charge on any atom is 0.121 e. The second-order valence-electron chi connectivity index (χ2n) is 4.38. The van der Waals surface area contributed by atoms with Gasteiger partial charge in [-0.3, -0.25) is 0 Å². The summed E-state index contributed by atoms with van der Waals surface area (Å²) in [7, 11) is 3.31. The molecule has 0 bridgehead atoms. The van der Waals surface area contributed by atoms with Crippen LogP contribution in [0.4, 0.5) is 0 Å². The van der Waals surface area contributed by atoms with Gasteiger partial charge in [0.15, 0.2) is 0 Å². The van der Waals surface area contributed by atoms with E-state index in [1.807, 2.05) is 67.6 Å². The molecule has 0 saturated carbocycles. The van der Waals surface area contributed by atoms with Crippen LogP contribution in [0.2, 0.25) is 0 Å². The molecule has 0 aromatic heterocycles. The van der Waals surface area contributed by atoms with E-state index in [1.165, 1.54) is 0 Å². The van der Waals surface area contributed by atoms with Gasteiger partial charge in [-0.15, -0.1) is 0 Å². The molecule has 0 unspecified atom stereocenters. The molecule has 0 fully saturated rings. The van der Waals surface area contributed by atoms with Gasteiger partial charge in [0, 0.05) is 0 Å². The molecule has 0 aliphatic heterocycles. The second-order valence-corrected chi connectivity index (χ2v) is 4.38. The molecule has 0 amide bonds. The second kappa shape index (κ2) is 9.43. The van der Waals surface area contributed by atoms with Crippen LogP contribution in [0, 0.1) is 6.92 Å². The number of methoxy groups -OCH3 is 2. The molecule has 2 heteroatoms. The average molecular weight is 282 g/mol. The number of benzene rings is 2. The summed E-state index contributed by atoms with van der Waals surface area (Å²) in [5.74, 6) is 0.926. The highest BCUT2D eigenvalue weighted by atomic mass is 16.5. The third kappa shape index (κ3) is 6.00. The van der Waals surface area contributed by atoms with Crippen molar-refractivity contribution in [1.82, 2.24) is 0 Å². The summed E-state index contributed by atoms with van der Waals surface area (Å²) in [6.45, 7) is 5.71. The quantitative estimate of drug-likeness (QED) is 0.739. The molecule has 0 heterocycles. The highest BCUT2D eigenvalue weighted by Crippen LogP contribution is 2.18. The van der Waals surface area contributed by atoms with Gasteiger partial charge in [-0.2, -0.15) is 0 Å². The lowest BCUT2D eigenvalue weighted by Gasteiger charge is -2.03. The van der Waals surface area contributed by atoms with Crippen LogP contribution in [0.25, 0.3) is 12.2 Å². The van der Waals surface area contributed by atoms with Gasteiger partial charge >= 0.3 is 0 Å². The van der Waals surface area contributed by atoms with E-state index in [1.54, 1.807) is 20.5 Å². The fraction of sp³-hybridized carbons (Fsp3) is 0.158. The Morgan fingerprint density at radius 1 is 0.952 bits per heavy atom. The van der Waals surface area contributed by atoms with Crippen LogP contribution in [0.3, 0.4) is 0 Å². The summed E-state index contributed by atoms with van der Waals surface area (Å²) < 4.78 is 9.88. The molecule has 0 atom stereocenters. The van der Waals surface area contributed by atoms with E-state index in [9.17, 15) is 0 Å². The minimum Gasteiger partial charge on any atom is -0.504 e. The summed E-state index contributed by atoms with van der Waals surface area (Å²) in [5.41, 5.74) is 3.43. The Labute approximate surface area is 127 Å². The Kier molecular flexibility index (Phi) is 7.44. The fourth-order valence-electron chi connectivity index (χ4n) is 1.74. The number of hydrogen-bond donors (Lipinski definition) is 0. The Morgan fingerprint density at radius 3 is 2.19 bits per heavy atom. The minimum atomic E-state index is 0.926. The van der Waals surface area contributed by atoms with E-state index in [-0.39, 0.29) is 0 Å². The van der Waals surface area contributed by atoms with Gasteiger partial charge in [-0.1, -0.05) is 49.1 Å². The SMILES string of the molecule is C=Cc1ccc(OC)c(C)c1.COC=Cc1ccccc1. The number of aryl methyl sites for hydroxylation is 1. The van der Waals surface area contributed by atoms with Gasteiger partial charge in [0.2, 0.25) is 0 Å². The minimum absolute atomic E-state index is 0.926. The van der Waals surface area contributed by atoms with Crippen LogP contribution in [-0.2, 0) is 4.74 Å². The standard InChI is InChI=1S/C10H12O.C9H10O/c1-4-9-5-6-10(11-3)8(2)7-9;1-10-8-7-9-5-3-2-4-6-9/h4-7H,1H2,2-3H3;2-8H,1H3. The van der Waals surface area contributed by atoms with Crippen molar-refractivity contribution in [3.8, 4) is 5.75 Å². The van der Waals surface area contributed by atoms with Crippen LogP contribution in [0.5, 0.6) is 5.75 Å². The van der Waals surface area contributed by atoms with Crippen molar-refractivity contribution in [2.45, 2.75) is 6.92 Å². The van der Waals surface area contributed by atoms with E-state index >= 15 is 0 Å². The zero-order chi connectivity index (χ0) is 15.5. The molecule has 21 heavy (non-hydrogen) atoms. The molecule has 0 radical (unpaired) electrons. The first-order valence-corrected chi connectivity index (χ1v) is 6.72. The Balaban J connectivity index is 0.000000211. The average Bonchev–Trinajstić information content (AvgIpc) is 2.54. The van der Waals surface area contributed by atoms with Crippen molar-refractivity contribution in [3.63, 3.8) is 0 Å². The van der Waals surface area contributed by atoms with E-state index in [4.69, 9.17) is 9.47 Å². The van der Waals surface area contributed by atoms with Crippen LogP contribution in [0.15, 0.2) is 61.4 Å². The smallest absolute Gasteiger partial charge is 0.121 e. The first kappa shape index (κ1) is 16.6. The maximum atomic E-state index is 5.11. The Hall–Kier alpha value is -2.48. The molecular weight excluding hydrogens is 260 g/mol. The molecule has 110 valence electrons. The van der Waals surface area contributed by atoms with Gasteiger partial charge in [-0.25, -0.2) is 0 Å². The van der Waals surface area contributed by atoms with Gasteiger partial charge in [-0.05, 0) is 41.8 Å². The van der Waals surface area contributed by atoms with E-state index < -0.39 is 0 Å². The Bertz CT molecular complexity index is 571. The maximum absolute atomic E-state index is 5.11. The zero-order valence-corrected chi connectivity index (χ0v) is 12.9. The molecule has 0 aliphatic carbocycles. The predicted octanol–water partition coefficient (Wildman–Crippen LogP) is 4.95. The van der Waals surface area contributed by atoms with Gasteiger partial charge < -0.3 is 9.47 Å². The molecular formula is C19H22O2. The van der Waals surface area contributed by atoms with E-state index in [2.05, 4.69) is 6.58 Å².